The quantitative estimate of drug-likeness (QED) is 0.915. The molecule has 0 spiro atoms. The second-order valence-corrected chi connectivity index (χ2v) is 4.93. The van der Waals surface area contributed by atoms with Crippen molar-refractivity contribution in [1.29, 1.82) is 0 Å². The fraction of sp³-hybridized carbons (Fsp3) is 0.250. The number of nitrogens with zero attached hydrogens (tertiary/aromatic N) is 1. The summed E-state index contributed by atoms with van der Waals surface area (Å²) in [4.78, 5) is 23.4. The number of aromatic nitrogens is 1. The average Bonchev–Trinajstić information content (AvgIpc) is 2.50. The number of aryl methyl sites for hydroxylation is 1. The Kier molecular flexibility index (Phi) is 4.93. The average molecular weight is 304 g/mol. The van der Waals surface area contributed by atoms with Gasteiger partial charge >= 0.3 is 0 Å². The van der Waals surface area contributed by atoms with Gasteiger partial charge in [-0.15, -0.1) is 0 Å². The molecule has 22 heavy (non-hydrogen) atoms. The molecule has 0 saturated heterocycles. The van der Waals surface area contributed by atoms with Gasteiger partial charge in [0.2, 0.25) is 0 Å². The van der Waals surface area contributed by atoms with Crippen LogP contribution in [0.1, 0.15) is 17.3 Å². The van der Waals surface area contributed by atoms with Gasteiger partial charge in [-0.2, -0.15) is 0 Å². The molecule has 6 heteroatoms. The number of carbonyl (C=O) groups excluding carboxylic acids is 1. The number of rotatable bonds is 5. The lowest BCUT2D eigenvalue weighted by Crippen LogP contribution is -2.34. The van der Waals surface area contributed by atoms with Crippen molar-refractivity contribution in [3.63, 3.8) is 0 Å². The Morgan fingerprint density at radius 2 is 2.09 bits per heavy atom. The van der Waals surface area contributed by atoms with Crippen molar-refractivity contribution >= 4 is 5.91 Å². The predicted octanol–water partition coefficient (Wildman–Crippen LogP) is 1.72. The lowest BCUT2D eigenvalue weighted by atomic mass is 10.2. The summed E-state index contributed by atoms with van der Waals surface area (Å²) in [5, 5.41) is 2.65. The van der Waals surface area contributed by atoms with E-state index in [2.05, 4.69) is 5.32 Å². The molecular formula is C16H17FN2O3. The van der Waals surface area contributed by atoms with E-state index in [9.17, 15) is 14.0 Å². The van der Waals surface area contributed by atoms with Gasteiger partial charge in [0.05, 0.1) is 6.54 Å². The fourth-order valence-corrected chi connectivity index (χ4v) is 1.83. The number of halogens is 1. The minimum absolute atomic E-state index is 0.137. The van der Waals surface area contributed by atoms with E-state index in [-0.39, 0.29) is 29.3 Å². The Morgan fingerprint density at radius 1 is 1.36 bits per heavy atom. The molecule has 0 unspecified atom stereocenters. The first-order valence-electron chi connectivity index (χ1n) is 6.83. The van der Waals surface area contributed by atoms with E-state index < -0.39 is 11.9 Å². The van der Waals surface area contributed by atoms with Crippen molar-refractivity contribution in [2.45, 2.75) is 13.0 Å². The van der Waals surface area contributed by atoms with Crippen LogP contribution in [-0.2, 0) is 7.05 Å². The minimum Gasteiger partial charge on any atom is -0.486 e. The van der Waals surface area contributed by atoms with Crippen LogP contribution in [0.2, 0.25) is 0 Å². The molecule has 0 aliphatic carbocycles. The van der Waals surface area contributed by atoms with Gasteiger partial charge in [-0.05, 0) is 25.1 Å². The van der Waals surface area contributed by atoms with Gasteiger partial charge in [0.25, 0.3) is 11.5 Å². The monoisotopic (exact) mass is 304 g/mol. The normalized spacial score (nSPS) is 11.8. The second kappa shape index (κ2) is 6.89. The number of hydrogen-bond donors (Lipinski definition) is 1. The van der Waals surface area contributed by atoms with Crippen molar-refractivity contribution in [1.82, 2.24) is 9.88 Å². The molecule has 0 fully saturated rings. The summed E-state index contributed by atoms with van der Waals surface area (Å²) in [5.41, 5.74) is 0.0181. The number of amides is 1. The summed E-state index contributed by atoms with van der Waals surface area (Å²) in [6.45, 7) is 1.92. The smallest absolute Gasteiger partial charge is 0.251 e. The Bertz CT molecular complexity index is 727. The Hall–Kier alpha value is -2.63. The molecule has 0 bridgehead atoms. The largest absolute Gasteiger partial charge is 0.486 e. The summed E-state index contributed by atoms with van der Waals surface area (Å²) in [5.74, 6) is -0.688. The molecule has 2 rings (SSSR count). The van der Waals surface area contributed by atoms with E-state index in [0.29, 0.717) is 0 Å². The number of hydrogen-bond acceptors (Lipinski definition) is 3. The third-order valence-corrected chi connectivity index (χ3v) is 3.08. The first-order chi connectivity index (χ1) is 10.5. The lowest BCUT2D eigenvalue weighted by molar-refractivity contribution is 0.0931. The molecule has 1 heterocycles. The Balaban J connectivity index is 1.92. The predicted molar refractivity (Wildman–Crippen MR) is 80.5 cm³/mol. The minimum atomic E-state index is -0.452. The maximum atomic E-state index is 13.4. The number of pyridine rings is 1. The van der Waals surface area contributed by atoms with Crippen molar-refractivity contribution in [2.75, 3.05) is 6.54 Å². The molecule has 0 saturated carbocycles. The maximum Gasteiger partial charge on any atom is 0.251 e. The Labute approximate surface area is 127 Å². The van der Waals surface area contributed by atoms with E-state index in [0.717, 1.165) is 0 Å². The van der Waals surface area contributed by atoms with E-state index >= 15 is 0 Å². The van der Waals surface area contributed by atoms with Gasteiger partial charge in [-0.1, -0.05) is 12.1 Å². The van der Waals surface area contributed by atoms with Crippen LogP contribution in [0.5, 0.6) is 5.75 Å². The van der Waals surface area contributed by atoms with Crippen LogP contribution in [0.15, 0.2) is 47.4 Å². The van der Waals surface area contributed by atoms with Gasteiger partial charge in [0.15, 0.2) is 11.6 Å². The molecule has 1 N–H and O–H groups in total. The molecule has 1 aromatic carbocycles. The zero-order chi connectivity index (χ0) is 16.1. The van der Waals surface area contributed by atoms with Gasteiger partial charge in [-0.3, -0.25) is 9.59 Å². The molecule has 1 aromatic heterocycles. The molecule has 1 atom stereocenters. The third kappa shape index (κ3) is 3.94. The maximum absolute atomic E-state index is 13.4. The highest BCUT2D eigenvalue weighted by Crippen LogP contribution is 2.16. The molecule has 1 amide bonds. The molecule has 0 aliphatic heterocycles. The molecular weight excluding hydrogens is 287 g/mol. The van der Waals surface area contributed by atoms with Crippen LogP contribution in [0.4, 0.5) is 4.39 Å². The fourth-order valence-electron chi connectivity index (χ4n) is 1.83. The molecule has 2 aromatic rings. The van der Waals surface area contributed by atoms with E-state index in [1.807, 2.05) is 0 Å². The highest BCUT2D eigenvalue weighted by Gasteiger charge is 2.11. The molecule has 116 valence electrons. The molecule has 0 aliphatic rings. The Morgan fingerprint density at radius 3 is 2.77 bits per heavy atom. The number of para-hydroxylation sites is 1. The van der Waals surface area contributed by atoms with Crippen LogP contribution in [0.25, 0.3) is 0 Å². The van der Waals surface area contributed by atoms with Gasteiger partial charge in [0, 0.05) is 24.9 Å². The van der Waals surface area contributed by atoms with Crippen molar-refractivity contribution < 1.29 is 13.9 Å². The van der Waals surface area contributed by atoms with Gasteiger partial charge < -0.3 is 14.6 Å². The number of benzene rings is 1. The molecule has 0 radical (unpaired) electrons. The summed E-state index contributed by atoms with van der Waals surface area (Å²) < 4.78 is 20.2. The highest BCUT2D eigenvalue weighted by molar-refractivity contribution is 5.93. The summed E-state index contributed by atoms with van der Waals surface area (Å²) >= 11 is 0. The zero-order valence-corrected chi connectivity index (χ0v) is 12.4. The second-order valence-electron chi connectivity index (χ2n) is 4.93. The highest BCUT2D eigenvalue weighted by atomic mass is 19.1. The van der Waals surface area contributed by atoms with Crippen molar-refractivity contribution in [3.8, 4) is 5.75 Å². The lowest BCUT2D eigenvalue weighted by Gasteiger charge is -2.16. The number of ether oxygens (including phenoxy) is 1. The summed E-state index contributed by atoms with van der Waals surface area (Å²) in [7, 11) is 1.61. The zero-order valence-electron chi connectivity index (χ0n) is 12.4. The SMILES string of the molecule is C[C@@H](CNC(=O)c1ccn(C)c(=O)c1)Oc1ccccc1F. The van der Waals surface area contributed by atoms with Crippen LogP contribution in [-0.4, -0.2) is 23.1 Å². The summed E-state index contributed by atoms with van der Waals surface area (Å²) in [6, 6.07) is 8.89. The van der Waals surface area contributed by atoms with Crippen LogP contribution < -0.4 is 15.6 Å². The first kappa shape index (κ1) is 15.8. The molecule has 5 nitrogen and oxygen atoms in total. The third-order valence-electron chi connectivity index (χ3n) is 3.08. The van der Waals surface area contributed by atoms with Gasteiger partial charge in [0.1, 0.15) is 6.10 Å². The number of carbonyl (C=O) groups is 1. The van der Waals surface area contributed by atoms with E-state index in [1.54, 1.807) is 32.2 Å². The van der Waals surface area contributed by atoms with Gasteiger partial charge in [-0.25, -0.2) is 4.39 Å². The van der Waals surface area contributed by atoms with Crippen LogP contribution in [0.3, 0.4) is 0 Å². The van der Waals surface area contributed by atoms with Crippen molar-refractivity contribution in [3.05, 3.63) is 64.3 Å². The van der Waals surface area contributed by atoms with Crippen LogP contribution in [0, 0.1) is 5.82 Å². The summed E-state index contributed by atoms with van der Waals surface area (Å²) in [6.07, 6.45) is 1.11. The van der Waals surface area contributed by atoms with E-state index in [4.69, 9.17) is 4.74 Å². The van der Waals surface area contributed by atoms with Crippen LogP contribution >= 0.6 is 0 Å². The first-order valence-corrected chi connectivity index (χ1v) is 6.83. The van der Waals surface area contributed by atoms with E-state index in [1.165, 1.54) is 29.0 Å². The van der Waals surface area contributed by atoms with Crippen molar-refractivity contribution in [2.24, 2.45) is 7.05 Å². The number of nitrogens with one attached hydrogen (secondary N) is 1. The topological polar surface area (TPSA) is 60.3 Å². The standard InChI is InChI=1S/C16H17FN2O3/c1-11(22-14-6-4-3-5-13(14)17)10-18-16(21)12-7-8-19(2)15(20)9-12/h3-9,11H,10H2,1-2H3,(H,18,21)/t11-/m0/s1.